The summed E-state index contributed by atoms with van der Waals surface area (Å²) in [7, 11) is 1.65. The maximum atomic E-state index is 12.3. The van der Waals surface area contributed by atoms with E-state index in [-0.39, 0.29) is 5.91 Å². The molecule has 3 nitrogen and oxygen atoms in total. The lowest BCUT2D eigenvalue weighted by molar-refractivity contribution is -0.130. The molecular weight excluding hydrogens is 207 g/mol. The van der Waals surface area contributed by atoms with Crippen molar-refractivity contribution in [2.24, 2.45) is 5.10 Å². The smallest absolute Gasteiger partial charge is 0.242 e. The van der Waals surface area contributed by atoms with Crippen molar-refractivity contribution in [3.05, 3.63) is 35.4 Å². The molecule has 0 radical (unpaired) electrons. The van der Waals surface area contributed by atoms with E-state index in [0.29, 0.717) is 18.4 Å². The number of hydrazone groups is 1. The molecule has 0 unspecified atom stereocenters. The quantitative estimate of drug-likeness (QED) is 0.751. The highest BCUT2D eigenvalue weighted by atomic mass is 19.1. The first kappa shape index (κ1) is 10.8. The van der Waals surface area contributed by atoms with E-state index in [1.165, 1.54) is 5.01 Å². The molecule has 0 fully saturated rings. The number of amides is 1. The number of alkyl halides is 1. The Labute approximate surface area is 93.6 Å². The van der Waals surface area contributed by atoms with Crippen LogP contribution in [-0.4, -0.2) is 23.7 Å². The lowest BCUT2D eigenvalue weighted by Crippen LogP contribution is -2.28. The topological polar surface area (TPSA) is 32.7 Å². The monoisotopic (exact) mass is 220 g/mol. The fraction of sp³-hybridized carbons (Fsp3) is 0.333. The molecule has 0 saturated carbocycles. The van der Waals surface area contributed by atoms with E-state index in [1.54, 1.807) is 19.2 Å². The van der Waals surface area contributed by atoms with Crippen LogP contribution in [0.2, 0.25) is 0 Å². The van der Waals surface area contributed by atoms with E-state index in [2.05, 4.69) is 5.10 Å². The molecule has 1 aromatic rings. The highest BCUT2D eigenvalue weighted by molar-refractivity contribution is 6.04. The summed E-state index contributed by atoms with van der Waals surface area (Å²) in [6, 6.07) is 7.18. The van der Waals surface area contributed by atoms with Crippen LogP contribution >= 0.6 is 0 Å². The number of carbonyl (C=O) groups is 1. The van der Waals surface area contributed by atoms with E-state index in [9.17, 15) is 9.18 Å². The molecule has 1 aromatic carbocycles. The van der Waals surface area contributed by atoms with Crippen LogP contribution in [0.4, 0.5) is 4.39 Å². The molecule has 0 aliphatic carbocycles. The lowest BCUT2D eigenvalue weighted by Gasteiger charge is -2.19. The molecule has 1 aliphatic heterocycles. The van der Waals surface area contributed by atoms with Gasteiger partial charge in [0.15, 0.2) is 0 Å². The Morgan fingerprint density at radius 3 is 2.56 bits per heavy atom. The third-order valence-electron chi connectivity index (χ3n) is 2.65. The average Bonchev–Trinajstić information content (AvgIpc) is 2.33. The molecule has 1 heterocycles. The number of nitrogens with zero attached hydrogens (tertiary/aromatic N) is 2. The van der Waals surface area contributed by atoms with Gasteiger partial charge in [-0.05, 0) is 11.1 Å². The normalized spacial score (nSPS) is 16.2. The number of rotatable bonds is 2. The van der Waals surface area contributed by atoms with Crippen LogP contribution in [0.3, 0.4) is 0 Å². The van der Waals surface area contributed by atoms with Gasteiger partial charge in [0.2, 0.25) is 5.91 Å². The van der Waals surface area contributed by atoms with Crippen molar-refractivity contribution in [1.29, 1.82) is 0 Å². The molecule has 0 saturated heterocycles. The minimum atomic E-state index is -0.453. The van der Waals surface area contributed by atoms with Gasteiger partial charge in [0.1, 0.15) is 6.67 Å². The summed E-state index contributed by atoms with van der Waals surface area (Å²) < 4.78 is 12.3. The van der Waals surface area contributed by atoms with Crippen molar-refractivity contribution in [2.75, 3.05) is 7.05 Å². The molecule has 0 spiro atoms. The van der Waals surface area contributed by atoms with Gasteiger partial charge in [-0.25, -0.2) is 9.40 Å². The van der Waals surface area contributed by atoms with Gasteiger partial charge in [-0.1, -0.05) is 24.3 Å². The van der Waals surface area contributed by atoms with Crippen molar-refractivity contribution in [1.82, 2.24) is 5.01 Å². The second-order valence-electron chi connectivity index (χ2n) is 3.79. The van der Waals surface area contributed by atoms with Crippen molar-refractivity contribution in [3.63, 3.8) is 0 Å². The van der Waals surface area contributed by atoms with Gasteiger partial charge in [0, 0.05) is 19.9 Å². The minimum Gasteiger partial charge on any atom is -0.273 e. The maximum Gasteiger partial charge on any atom is 0.242 e. The number of halogens is 1. The van der Waals surface area contributed by atoms with Crippen LogP contribution < -0.4 is 0 Å². The van der Waals surface area contributed by atoms with E-state index >= 15 is 0 Å². The van der Waals surface area contributed by atoms with Crippen LogP contribution in [0.1, 0.15) is 24.0 Å². The Kier molecular flexibility index (Phi) is 2.99. The van der Waals surface area contributed by atoms with Crippen LogP contribution in [-0.2, 0) is 11.5 Å². The second-order valence-corrected chi connectivity index (χ2v) is 3.79. The molecule has 0 atom stereocenters. The zero-order valence-corrected chi connectivity index (χ0v) is 9.11. The van der Waals surface area contributed by atoms with E-state index in [4.69, 9.17) is 0 Å². The summed E-state index contributed by atoms with van der Waals surface area (Å²) in [6.45, 7) is -0.453. The first-order chi connectivity index (χ1) is 7.70. The Morgan fingerprint density at radius 2 is 2.00 bits per heavy atom. The summed E-state index contributed by atoms with van der Waals surface area (Å²) in [5, 5.41) is 5.56. The van der Waals surface area contributed by atoms with Crippen LogP contribution in [0.25, 0.3) is 0 Å². The zero-order valence-electron chi connectivity index (χ0n) is 9.11. The molecule has 0 aromatic heterocycles. The third-order valence-corrected chi connectivity index (χ3v) is 2.65. The van der Waals surface area contributed by atoms with Crippen molar-refractivity contribution in [3.8, 4) is 0 Å². The molecule has 16 heavy (non-hydrogen) atoms. The Balaban J connectivity index is 2.24. The van der Waals surface area contributed by atoms with E-state index in [0.717, 1.165) is 11.3 Å². The van der Waals surface area contributed by atoms with E-state index < -0.39 is 6.67 Å². The zero-order chi connectivity index (χ0) is 11.5. The van der Waals surface area contributed by atoms with E-state index in [1.807, 2.05) is 12.1 Å². The number of hydrogen-bond acceptors (Lipinski definition) is 2. The average molecular weight is 220 g/mol. The predicted octanol–water partition coefficient (Wildman–Crippen LogP) is 2.11. The molecule has 1 aliphatic rings. The Hall–Kier alpha value is -1.71. The highest BCUT2D eigenvalue weighted by Crippen LogP contribution is 2.15. The predicted molar refractivity (Wildman–Crippen MR) is 59.8 cm³/mol. The summed E-state index contributed by atoms with van der Waals surface area (Å²) in [4.78, 5) is 11.2. The largest absolute Gasteiger partial charge is 0.273 e. The van der Waals surface area contributed by atoms with Crippen molar-refractivity contribution in [2.45, 2.75) is 19.5 Å². The van der Waals surface area contributed by atoms with Gasteiger partial charge in [-0.15, -0.1) is 0 Å². The molecule has 1 amide bonds. The summed E-state index contributed by atoms with van der Waals surface area (Å²) in [5.74, 6) is 0.0316. The molecule has 0 N–H and O–H groups in total. The maximum absolute atomic E-state index is 12.3. The summed E-state index contributed by atoms with van der Waals surface area (Å²) in [6.07, 6.45) is 1.14. The van der Waals surface area contributed by atoms with Gasteiger partial charge in [-0.3, -0.25) is 4.79 Å². The number of carbonyl (C=O) groups excluding carboxylic acids is 1. The lowest BCUT2D eigenvalue weighted by atomic mass is 10.0. The van der Waals surface area contributed by atoms with Crippen LogP contribution in [0.5, 0.6) is 0 Å². The first-order valence-electron chi connectivity index (χ1n) is 5.20. The van der Waals surface area contributed by atoms with Gasteiger partial charge in [0.05, 0.1) is 5.71 Å². The summed E-state index contributed by atoms with van der Waals surface area (Å²) in [5.41, 5.74) is 2.49. The van der Waals surface area contributed by atoms with Crippen molar-refractivity contribution >= 4 is 11.6 Å². The number of hydrogen-bond donors (Lipinski definition) is 0. The molecular formula is C12H13FN2O. The van der Waals surface area contributed by atoms with Gasteiger partial charge < -0.3 is 0 Å². The van der Waals surface area contributed by atoms with Crippen LogP contribution in [0, 0.1) is 0 Å². The molecule has 4 heteroatoms. The number of benzene rings is 1. The minimum absolute atomic E-state index is 0.0316. The summed E-state index contributed by atoms with van der Waals surface area (Å²) >= 11 is 0. The van der Waals surface area contributed by atoms with Gasteiger partial charge >= 0.3 is 0 Å². The molecule has 0 bridgehead atoms. The Bertz CT molecular complexity index is 425. The fourth-order valence-electron chi connectivity index (χ4n) is 1.66. The SMILES string of the molecule is CN1N=C(c2ccc(CF)cc2)CCC1=O. The Morgan fingerprint density at radius 1 is 1.31 bits per heavy atom. The fourth-order valence-corrected chi connectivity index (χ4v) is 1.66. The first-order valence-corrected chi connectivity index (χ1v) is 5.20. The third kappa shape index (κ3) is 2.10. The molecule has 2 rings (SSSR count). The van der Waals surface area contributed by atoms with Crippen LogP contribution in [0.15, 0.2) is 29.4 Å². The van der Waals surface area contributed by atoms with Crippen molar-refractivity contribution < 1.29 is 9.18 Å². The highest BCUT2D eigenvalue weighted by Gasteiger charge is 2.17. The van der Waals surface area contributed by atoms with Gasteiger partial charge in [0.25, 0.3) is 0 Å². The van der Waals surface area contributed by atoms with Gasteiger partial charge in [-0.2, -0.15) is 5.10 Å². The molecule has 84 valence electrons. The standard InChI is InChI=1S/C12H13FN2O/c1-15-12(16)7-6-11(14-15)10-4-2-9(8-13)3-5-10/h2-5H,6-8H2,1H3. The second kappa shape index (κ2) is 4.43.